The summed E-state index contributed by atoms with van der Waals surface area (Å²) in [5.41, 5.74) is 0.614. The third kappa shape index (κ3) is 4.18. The van der Waals surface area contributed by atoms with E-state index in [4.69, 9.17) is 9.47 Å². The fourth-order valence-corrected chi connectivity index (χ4v) is 3.60. The number of hydrogen-bond acceptors (Lipinski definition) is 3. The number of amides is 1. The minimum absolute atomic E-state index is 0.0318. The van der Waals surface area contributed by atoms with Gasteiger partial charge in [0.2, 0.25) is 0 Å². The Hall–Kier alpha value is -1.71. The number of ether oxygens (including phenoxy) is 2. The first-order valence-corrected chi connectivity index (χ1v) is 8.49. The van der Waals surface area contributed by atoms with Crippen molar-refractivity contribution < 1.29 is 14.3 Å². The highest BCUT2D eigenvalue weighted by Crippen LogP contribution is 2.34. The Bertz CT molecular complexity index is 541. The zero-order valence-corrected chi connectivity index (χ0v) is 14.9. The van der Waals surface area contributed by atoms with Crippen molar-refractivity contribution in [3.8, 4) is 11.5 Å². The van der Waals surface area contributed by atoms with E-state index in [1.54, 1.807) is 32.4 Å². The van der Waals surface area contributed by atoms with Crippen molar-refractivity contribution >= 4 is 5.91 Å². The molecule has 1 aromatic rings. The van der Waals surface area contributed by atoms with Crippen LogP contribution in [0.25, 0.3) is 0 Å². The second kappa shape index (κ2) is 7.71. The highest BCUT2D eigenvalue weighted by atomic mass is 16.5. The van der Waals surface area contributed by atoms with Crippen molar-refractivity contribution in [2.24, 2.45) is 17.8 Å². The van der Waals surface area contributed by atoms with Crippen LogP contribution in [-0.2, 0) is 0 Å². The van der Waals surface area contributed by atoms with Gasteiger partial charge in [-0.2, -0.15) is 0 Å². The van der Waals surface area contributed by atoms with Gasteiger partial charge in [-0.15, -0.1) is 0 Å². The van der Waals surface area contributed by atoms with Gasteiger partial charge < -0.3 is 14.8 Å². The summed E-state index contributed by atoms with van der Waals surface area (Å²) >= 11 is 0. The van der Waals surface area contributed by atoms with Crippen molar-refractivity contribution in [1.29, 1.82) is 0 Å². The second-order valence-electron chi connectivity index (χ2n) is 6.98. The molecule has 0 bridgehead atoms. The van der Waals surface area contributed by atoms with Gasteiger partial charge in [0.05, 0.1) is 14.2 Å². The average molecular weight is 319 g/mol. The molecule has 0 heterocycles. The van der Waals surface area contributed by atoms with E-state index >= 15 is 0 Å². The lowest BCUT2D eigenvalue weighted by Gasteiger charge is -2.37. The summed E-state index contributed by atoms with van der Waals surface area (Å²) in [6, 6.07) is 5.55. The van der Waals surface area contributed by atoms with Crippen molar-refractivity contribution in [2.75, 3.05) is 14.2 Å². The van der Waals surface area contributed by atoms with E-state index in [0.717, 1.165) is 6.42 Å². The fraction of sp³-hybridized carbons (Fsp3) is 0.632. The SMILES string of the molecule is COc1ccc(C(=O)N[C@H]2C[C@H](C)CC[C@H]2C(C)C)cc1OC. The van der Waals surface area contributed by atoms with E-state index in [2.05, 4.69) is 26.1 Å². The fourth-order valence-electron chi connectivity index (χ4n) is 3.60. The first kappa shape index (κ1) is 17.6. The van der Waals surface area contributed by atoms with Gasteiger partial charge in [0.25, 0.3) is 5.91 Å². The van der Waals surface area contributed by atoms with Gasteiger partial charge in [-0.1, -0.05) is 27.2 Å². The van der Waals surface area contributed by atoms with Crippen LogP contribution in [0.5, 0.6) is 11.5 Å². The van der Waals surface area contributed by atoms with Crippen LogP contribution in [0.2, 0.25) is 0 Å². The Morgan fingerprint density at radius 1 is 1.17 bits per heavy atom. The molecule has 1 N–H and O–H groups in total. The number of nitrogens with one attached hydrogen (secondary N) is 1. The third-order valence-corrected chi connectivity index (χ3v) is 4.98. The van der Waals surface area contributed by atoms with Gasteiger partial charge >= 0.3 is 0 Å². The molecule has 2 rings (SSSR count). The molecule has 3 atom stereocenters. The van der Waals surface area contributed by atoms with Crippen LogP contribution in [-0.4, -0.2) is 26.2 Å². The molecule has 0 spiro atoms. The number of rotatable bonds is 5. The molecule has 1 aliphatic rings. The molecule has 0 saturated heterocycles. The van der Waals surface area contributed by atoms with Crippen LogP contribution in [0.1, 0.15) is 50.4 Å². The zero-order chi connectivity index (χ0) is 17.0. The van der Waals surface area contributed by atoms with Crippen LogP contribution in [0.3, 0.4) is 0 Å². The summed E-state index contributed by atoms with van der Waals surface area (Å²) in [5.74, 6) is 2.98. The zero-order valence-electron chi connectivity index (χ0n) is 14.9. The average Bonchev–Trinajstić information content (AvgIpc) is 2.53. The van der Waals surface area contributed by atoms with Gasteiger partial charge in [0.15, 0.2) is 11.5 Å². The molecule has 1 aliphatic carbocycles. The standard InChI is InChI=1S/C19H29NO3/c1-12(2)15-8-6-13(3)10-16(15)20-19(21)14-7-9-17(22-4)18(11-14)23-5/h7,9,11-13,15-16H,6,8,10H2,1-5H3,(H,20,21)/t13-,15+,16+/m1/s1. The lowest BCUT2D eigenvalue weighted by atomic mass is 9.74. The van der Waals surface area contributed by atoms with Gasteiger partial charge in [-0.25, -0.2) is 0 Å². The van der Waals surface area contributed by atoms with E-state index in [1.165, 1.54) is 12.8 Å². The van der Waals surface area contributed by atoms with E-state index in [-0.39, 0.29) is 11.9 Å². The smallest absolute Gasteiger partial charge is 0.251 e. The third-order valence-electron chi connectivity index (χ3n) is 4.98. The van der Waals surface area contributed by atoms with Crippen LogP contribution in [0.15, 0.2) is 18.2 Å². The Balaban J connectivity index is 2.13. The van der Waals surface area contributed by atoms with Crippen LogP contribution >= 0.6 is 0 Å². The monoisotopic (exact) mass is 319 g/mol. The van der Waals surface area contributed by atoms with E-state index in [9.17, 15) is 4.79 Å². The Labute approximate surface area is 139 Å². The van der Waals surface area contributed by atoms with Crippen molar-refractivity contribution in [3.05, 3.63) is 23.8 Å². The maximum absolute atomic E-state index is 12.6. The lowest BCUT2D eigenvalue weighted by Crippen LogP contribution is -2.45. The van der Waals surface area contributed by atoms with E-state index in [1.807, 2.05) is 0 Å². The molecule has 1 amide bonds. The van der Waals surface area contributed by atoms with Gasteiger partial charge in [-0.3, -0.25) is 4.79 Å². The van der Waals surface area contributed by atoms with E-state index < -0.39 is 0 Å². The molecule has 4 nitrogen and oxygen atoms in total. The molecule has 0 unspecified atom stereocenters. The number of methoxy groups -OCH3 is 2. The van der Waals surface area contributed by atoms with Crippen molar-refractivity contribution in [3.63, 3.8) is 0 Å². The second-order valence-corrected chi connectivity index (χ2v) is 6.98. The van der Waals surface area contributed by atoms with Crippen molar-refractivity contribution in [2.45, 2.75) is 46.1 Å². The Kier molecular flexibility index (Phi) is 5.91. The number of carbonyl (C=O) groups excluding carboxylic acids is 1. The molecule has 0 radical (unpaired) electrons. The molecule has 4 heteroatoms. The van der Waals surface area contributed by atoms with Gasteiger partial charge in [0, 0.05) is 11.6 Å². The van der Waals surface area contributed by atoms with Gasteiger partial charge in [0.1, 0.15) is 0 Å². The summed E-state index contributed by atoms with van der Waals surface area (Å²) in [6.45, 7) is 6.76. The molecule has 128 valence electrons. The molecule has 23 heavy (non-hydrogen) atoms. The summed E-state index contributed by atoms with van der Waals surface area (Å²) in [5, 5.41) is 3.25. The summed E-state index contributed by atoms with van der Waals surface area (Å²) in [6.07, 6.45) is 3.50. The maximum Gasteiger partial charge on any atom is 0.251 e. The normalized spacial score (nSPS) is 24.3. The molecule has 1 fully saturated rings. The highest BCUT2D eigenvalue weighted by Gasteiger charge is 2.31. The summed E-state index contributed by atoms with van der Waals surface area (Å²) in [4.78, 5) is 12.6. The molecular formula is C19H29NO3. The first-order valence-electron chi connectivity index (χ1n) is 8.49. The van der Waals surface area contributed by atoms with Crippen LogP contribution in [0.4, 0.5) is 0 Å². The highest BCUT2D eigenvalue weighted by molar-refractivity contribution is 5.95. The van der Waals surface area contributed by atoms with Gasteiger partial charge in [-0.05, 0) is 48.8 Å². The number of carbonyl (C=O) groups is 1. The predicted octanol–water partition coefficient (Wildman–Crippen LogP) is 3.89. The van der Waals surface area contributed by atoms with Crippen LogP contribution < -0.4 is 14.8 Å². The molecule has 0 aromatic heterocycles. The minimum Gasteiger partial charge on any atom is -0.493 e. The Morgan fingerprint density at radius 2 is 1.87 bits per heavy atom. The van der Waals surface area contributed by atoms with E-state index in [0.29, 0.717) is 34.8 Å². The molecule has 1 aromatic carbocycles. The quantitative estimate of drug-likeness (QED) is 0.895. The molecular weight excluding hydrogens is 290 g/mol. The lowest BCUT2D eigenvalue weighted by molar-refractivity contribution is 0.0867. The minimum atomic E-state index is -0.0318. The first-order chi connectivity index (χ1) is 11.0. The maximum atomic E-state index is 12.6. The summed E-state index contributed by atoms with van der Waals surface area (Å²) < 4.78 is 10.5. The Morgan fingerprint density at radius 3 is 2.48 bits per heavy atom. The van der Waals surface area contributed by atoms with Crippen LogP contribution in [0, 0.1) is 17.8 Å². The predicted molar refractivity (Wildman–Crippen MR) is 92.1 cm³/mol. The number of benzene rings is 1. The molecule has 1 saturated carbocycles. The number of hydrogen-bond donors (Lipinski definition) is 1. The summed E-state index contributed by atoms with van der Waals surface area (Å²) in [7, 11) is 3.17. The molecule has 0 aliphatic heterocycles. The topological polar surface area (TPSA) is 47.6 Å². The largest absolute Gasteiger partial charge is 0.493 e. The van der Waals surface area contributed by atoms with Crippen molar-refractivity contribution in [1.82, 2.24) is 5.32 Å².